The van der Waals surface area contributed by atoms with Crippen LogP contribution in [0.15, 0.2) is 24.3 Å². The number of carbonyl (C=O) groups is 1. The number of nitrogens with one attached hydrogen (secondary N) is 1. The van der Waals surface area contributed by atoms with E-state index in [9.17, 15) is 4.79 Å². The van der Waals surface area contributed by atoms with Crippen molar-refractivity contribution in [3.8, 4) is 0 Å². The SMILES string of the molecule is O=C(Nc1ccccc1N1CCCC1)N(CCCCO)C1CC1. The molecule has 1 saturated heterocycles. The maximum atomic E-state index is 12.7. The number of hydrogen-bond donors (Lipinski definition) is 2. The van der Waals surface area contributed by atoms with E-state index in [0.717, 1.165) is 56.7 Å². The topological polar surface area (TPSA) is 55.8 Å². The molecule has 1 aliphatic heterocycles. The van der Waals surface area contributed by atoms with Gasteiger partial charge in [-0.15, -0.1) is 0 Å². The molecule has 23 heavy (non-hydrogen) atoms. The number of unbranched alkanes of at least 4 members (excludes halogenated alkanes) is 1. The maximum absolute atomic E-state index is 12.7. The van der Waals surface area contributed by atoms with Crippen molar-refractivity contribution in [3.05, 3.63) is 24.3 Å². The third-order valence-corrected chi connectivity index (χ3v) is 4.65. The summed E-state index contributed by atoms with van der Waals surface area (Å²) in [4.78, 5) is 17.0. The van der Waals surface area contributed by atoms with Gasteiger partial charge in [-0.05, 0) is 50.7 Å². The largest absolute Gasteiger partial charge is 0.396 e. The number of nitrogens with zero attached hydrogens (tertiary/aromatic N) is 2. The minimum atomic E-state index is -0.00270. The Morgan fingerprint density at radius 3 is 2.65 bits per heavy atom. The second-order valence-electron chi connectivity index (χ2n) is 6.50. The van der Waals surface area contributed by atoms with Gasteiger partial charge in [-0.2, -0.15) is 0 Å². The second-order valence-corrected chi connectivity index (χ2v) is 6.50. The Hall–Kier alpha value is -1.75. The predicted molar refractivity (Wildman–Crippen MR) is 93.0 cm³/mol. The van der Waals surface area contributed by atoms with E-state index in [1.165, 1.54) is 12.8 Å². The molecule has 1 aliphatic carbocycles. The van der Waals surface area contributed by atoms with Crippen molar-refractivity contribution in [1.82, 2.24) is 4.90 Å². The zero-order chi connectivity index (χ0) is 16.1. The minimum Gasteiger partial charge on any atom is -0.396 e. The number of benzene rings is 1. The van der Waals surface area contributed by atoms with Gasteiger partial charge in [0.25, 0.3) is 0 Å². The molecular weight excluding hydrogens is 290 g/mol. The van der Waals surface area contributed by atoms with Gasteiger partial charge >= 0.3 is 6.03 Å². The molecule has 0 atom stereocenters. The van der Waals surface area contributed by atoms with Gasteiger partial charge in [0.05, 0.1) is 11.4 Å². The van der Waals surface area contributed by atoms with Crippen LogP contribution in [0.4, 0.5) is 16.2 Å². The summed E-state index contributed by atoms with van der Waals surface area (Å²) in [6.45, 7) is 3.05. The molecule has 1 aromatic carbocycles. The van der Waals surface area contributed by atoms with Crippen LogP contribution in [-0.4, -0.2) is 48.3 Å². The Kier molecular flexibility index (Phi) is 5.39. The molecule has 2 aliphatic rings. The zero-order valence-electron chi connectivity index (χ0n) is 13.7. The van der Waals surface area contributed by atoms with Gasteiger partial charge in [-0.25, -0.2) is 4.79 Å². The maximum Gasteiger partial charge on any atom is 0.322 e. The predicted octanol–water partition coefficient (Wildman–Crippen LogP) is 3.06. The average molecular weight is 317 g/mol. The van der Waals surface area contributed by atoms with Crippen LogP contribution >= 0.6 is 0 Å². The van der Waals surface area contributed by atoms with Crippen molar-refractivity contribution in [1.29, 1.82) is 0 Å². The van der Waals surface area contributed by atoms with Crippen LogP contribution in [-0.2, 0) is 0 Å². The van der Waals surface area contributed by atoms with Gasteiger partial charge in [0.2, 0.25) is 0 Å². The highest BCUT2D eigenvalue weighted by molar-refractivity contribution is 5.93. The van der Waals surface area contributed by atoms with Crippen LogP contribution in [0.2, 0.25) is 0 Å². The van der Waals surface area contributed by atoms with Crippen molar-refractivity contribution < 1.29 is 9.90 Å². The molecule has 0 unspecified atom stereocenters. The van der Waals surface area contributed by atoms with Gasteiger partial charge in [0.15, 0.2) is 0 Å². The lowest BCUT2D eigenvalue weighted by molar-refractivity contribution is 0.204. The van der Waals surface area contributed by atoms with E-state index in [4.69, 9.17) is 5.11 Å². The van der Waals surface area contributed by atoms with Gasteiger partial charge < -0.3 is 20.2 Å². The highest BCUT2D eigenvalue weighted by Crippen LogP contribution is 2.31. The summed E-state index contributed by atoms with van der Waals surface area (Å²) in [5.41, 5.74) is 2.04. The van der Waals surface area contributed by atoms with E-state index < -0.39 is 0 Å². The third kappa shape index (κ3) is 4.16. The molecule has 2 N–H and O–H groups in total. The van der Waals surface area contributed by atoms with Crippen LogP contribution < -0.4 is 10.2 Å². The quantitative estimate of drug-likeness (QED) is 0.760. The fourth-order valence-corrected chi connectivity index (χ4v) is 3.23. The van der Waals surface area contributed by atoms with Crippen LogP contribution in [0.5, 0.6) is 0 Å². The molecule has 0 aromatic heterocycles. The molecule has 1 heterocycles. The lowest BCUT2D eigenvalue weighted by Gasteiger charge is -2.26. The molecule has 2 amide bonds. The van der Waals surface area contributed by atoms with Crippen LogP contribution in [0.3, 0.4) is 0 Å². The molecule has 0 spiro atoms. The first-order valence-corrected chi connectivity index (χ1v) is 8.82. The number of urea groups is 1. The number of aliphatic hydroxyl groups is 1. The Morgan fingerprint density at radius 1 is 1.22 bits per heavy atom. The highest BCUT2D eigenvalue weighted by Gasteiger charge is 2.32. The molecule has 0 radical (unpaired) electrons. The monoisotopic (exact) mass is 317 g/mol. The summed E-state index contributed by atoms with van der Waals surface area (Å²) in [7, 11) is 0. The van der Waals surface area contributed by atoms with Crippen LogP contribution in [0, 0.1) is 0 Å². The fourth-order valence-electron chi connectivity index (χ4n) is 3.23. The van der Waals surface area contributed by atoms with Gasteiger partial charge in [-0.3, -0.25) is 0 Å². The van der Waals surface area contributed by atoms with Crippen molar-refractivity contribution in [2.45, 2.75) is 44.6 Å². The zero-order valence-corrected chi connectivity index (χ0v) is 13.7. The molecule has 1 aromatic rings. The van der Waals surface area contributed by atoms with E-state index in [2.05, 4.69) is 16.3 Å². The summed E-state index contributed by atoms with van der Waals surface area (Å²) < 4.78 is 0. The standard InChI is InChI=1S/C18H27N3O2/c22-14-6-5-13-21(15-9-10-15)18(23)19-16-7-1-2-8-17(16)20-11-3-4-12-20/h1-2,7-8,15,22H,3-6,9-14H2,(H,19,23). The molecule has 126 valence electrons. The average Bonchev–Trinajstić information content (AvgIpc) is 3.25. The number of rotatable bonds is 7. The van der Waals surface area contributed by atoms with Gasteiger partial charge in [0, 0.05) is 32.3 Å². The molecular formula is C18H27N3O2. The lowest BCUT2D eigenvalue weighted by atomic mass is 10.2. The second kappa shape index (κ2) is 7.68. The Bertz CT molecular complexity index is 525. The first-order valence-electron chi connectivity index (χ1n) is 8.82. The van der Waals surface area contributed by atoms with Gasteiger partial charge in [-0.1, -0.05) is 12.1 Å². The number of para-hydroxylation sites is 2. The van der Waals surface area contributed by atoms with E-state index in [0.29, 0.717) is 6.04 Å². The number of carbonyl (C=O) groups excluding carboxylic acids is 1. The third-order valence-electron chi connectivity index (χ3n) is 4.65. The summed E-state index contributed by atoms with van der Waals surface area (Å²) in [6.07, 6.45) is 6.24. The minimum absolute atomic E-state index is 0.00270. The Morgan fingerprint density at radius 2 is 1.96 bits per heavy atom. The molecule has 0 bridgehead atoms. The first-order chi connectivity index (χ1) is 11.3. The van der Waals surface area contributed by atoms with E-state index in [1.807, 2.05) is 23.1 Å². The van der Waals surface area contributed by atoms with E-state index in [1.54, 1.807) is 0 Å². The summed E-state index contributed by atoms with van der Waals surface area (Å²) in [5, 5.41) is 12.1. The molecule has 5 nitrogen and oxygen atoms in total. The van der Waals surface area contributed by atoms with E-state index >= 15 is 0 Å². The molecule has 1 saturated carbocycles. The molecule has 5 heteroatoms. The van der Waals surface area contributed by atoms with Crippen molar-refractivity contribution in [2.75, 3.05) is 36.5 Å². The lowest BCUT2D eigenvalue weighted by Crippen LogP contribution is -2.38. The van der Waals surface area contributed by atoms with Crippen molar-refractivity contribution in [2.24, 2.45) is 0 Å². The Balaban J connectivity index is 1.66. The number of anilines is 2. The number of aliphatic hydroxyl groups excluding tert-OH is 1. The number of hydrogen-bond acceptors (Lipinski definition) is 3. The smallest absolute Gasteiger partial charge is 0.322 e. The highest BCUT2D eigenvalue weighted by atomic mass is 16.3. The fraction of sp³-hybridized carbons (Fsp3) is 0.611. The summed E-state index contributed by atoms with van der Waals surface area (Å²) in [5.74, 6) is 0. The van der Waals surface area contributed by atoms with E-state index in [-0.39, 0.29) is 12.6 Å². The molecule has 2 fully saturated rings. The normalized spacial score (nSPS) is 17.3. The summed E-state index contributed by atoms with van der Waals surface area (Å²) >= 11 is 0. The Labute approximate surface area is 138 Å². The van der Waals surface area contributed by atoms with Crippen LogP contribution in [0.1, 0.15) is 38.5 Å². The van der Waals surface area contributed by atoms with Crippen molar-refractivity contribution in [3.63, 3.8) is 0 Å². The first kappa shape index (κ1) is 16.1. The summed E-state index contributed by atoms with van der Waals surface area (Å²) in [6, 6.07) is 8.47. The molecule has 3 rings (SSSR count). The van der Waals surface area contributed by atoms with Crippen molar-refractivity contribution >= 4 is 17.4 Å². The number of amides is 2. The van der Waals surface area contributed by atoms with Crippen LogP contribution in [0.25, 0.3) is 0 Å². The van der Waals surface area contributed by atoms with Gasteiger partial charge in [0.1, 0.15) is 0 Å².